The Morgan fingerprint density at radius 1 is 1.00 bits per heavy atom. The number of ether oxygens (including phenoxy) is 1. The smallest absolute Gasteiger partial charge is 0.343 e. The fourth-order valence-corrected chi connectivity index (χ4v) is 2.66. The van der Waals surface area contributed by atoms with Gasteiger partial charge in [0.1, 0.15) is 5.75 Å². The molecule has 0 heterocycles. The monoisotopic (exact) mass is 421 g/mol. The van der Waals surface area contributed by atoms with Crippen LogP contribution in [0.4, 0.5) is 5.69 Å². The van der Waals surface area contributed by atoms with Gasteiger partial charge >= 0.3 is 5.97 Å². The molecule has 0 aliphatic heterocycles. The number of benzene rings is 3. The standard InChI is InChI=1S/C23H20ClN3O3/c1-16-4-2-3-5-21(16)25-15-22(28)27-26-14-17-6-12-20(13-7-17)30-23(29)18-8-10-19(24)11-9-18/h2-14,25H,15H2,1H3,(H,27,28)/b26-14-. The largest absolute Gasteiger partial charge is 0.423 e. The van der Waals surface area contributed by atoms with E-state index in [-0.39, 0.29) is 12.5 Å². The van der Waals surface area contributed by atoms with Gasteiger partial charge in [0.25, 0.3) is 5.91 Å². The number of hydrogen-bond donors (Lipinski definition) is 2. The summed E-state index contributed by atoms with van der Waals surface area (Å²) >= 11 is 5.81. The molecular formula is C23H20ClN3O3. The van der Waals surface area contributed by atoms with Crippen molar-refractivity contribution in [2.45, 2.75) is 6.92 Å². The van der Waals surface area contributed by atoms with E-state index in [2.05, 4.69) is 15.8 Å². The zero-order chi connectivity index (χ0) is 21.3. The normalized spacial score (nSPS) is 10.6. The highest BCUT2D eigenvalue weighted by molar-refractivity contribution is 6.30. The minimum Gasteiger partial charge on any atom is -0.423 e. The molecule has 152 valence electrons. The topological polar surface area (TPSA) is 79.8 Å². The van der Waals surface area contributed by atoms with Crippen molar-refractivity contribution in [3.8, 4) is 5.75 Å². The van der Waals surface area contributed by atoms with Crippen molar-refractivity contribution in [3.63, 3.8) is 0 Å². The third-order valence-corrected chi connectivity index (χ3v) is 4.41. The second-order valence-corrected chi connectivity index (χ2v) is 6.86. The summed E-state index contributed by atoms with van der Waals surface area (Å²) in [5, 5.41) is 7.55. The molecule has 3 aromatic carbocycles. The summed E-state index contributed by atoms with van der Waals surface area (Å²) < 4.78 is 5.32. The lowest BCUT2D eigenvalue weighted by Gasteiger charge is -2.07. The van der Waals surface area contributed by atoms with Gasteiger partial charge in [-0.1, -0.05) is 29.8 Å². The second kappa shape index (κ2) is 10.2. The maximum absolute atomic E-state index is 12.1. The van der Waals surface area contributed by atoms with Gasteiger partial charge in [-0.3, -0.25) is 4.79 Å². The van der Waals surface area contributed by atoms with Gasteiger partial charge in [-0.15, -0.1) is 0 Å². The molecule has 3 aromatic rings. The summed E-state index contributed by atoms with van der Waals surface area (Å²) in [7, 11) is 0. The van der Waals surface area contributed by atoms with Crippen molar-refractivity contribution in [3.05, 3.63) is 94.5 Å². The highest BCUT2D eigenvalue weighted by Crippen LogP contribution is 2.15. The molecule has 3 rings (SSSR count). The van der Waals surface area contributed by atoms with Gasteiger partial charge in [0.2, 0.25) is 0 Å². The number of hydrazone groups is 1. The van der Waals surface area contributed by atoms with Crippen LogP contribution in [0.1, 0.15) is 21.5 Å². The van der Waals surface area contributed by atoms with E-state index in [1.165, 1.54) is 6.21 Å². The Morgan fingerprint density at radius 3 is 2.40 bits per heavy atom. The molecular weight excluding hydrogens is 402 g/mol. The van der Waals surface area contributed by atoms with Gasteiger partial charge in [0.05, 0.1) is 18.3 Å². The molecule has 0 saturated heterocycles. The third kappa shape index (κ3) is 6.18. The minimum absolute atomic E-state index is 0.113. The first kappa shape index (κ1) is 21.1. The molecule has 0 aliphatic rings. The summed E-state index contributed by atoms with van der Waals surface area (Å²) in [6.07, 6.45) is 1.51. The van der Waals surface area contributed by atoms with E-state index in [0.717, 1.165) is 16.8 Å². The van der Waals surface area contributed by atoms with Crippen molar-refractivity contribution < 1.29 is 14.3 Å². The van der Waals surface area contributed by atoms with Crippen LogP contribution in [0.2, 0.25) is 5.02 Å². The van der Waals surface area contributed by atoms with Crippen molar-refractivity contribution >= 4 is 35.4 Å². The van der Waals surface area contributed by atoms with E-state index in [1.807, 2.05) is 31.2 Å². The molecule has 0 spiro atoms. The minimum atomic E-state index is -0.471. The Labute approximate surface area is 179 Å². The third-order valence-electron chi connectivity index (χ3n) is 4.16. The zero-order valence-electron chi connectivity index (χ0n) is 16.3. The van der Waals surface area contributed by atoms with Gasteiger partial charge in [0.15, 0.2) is 0 Å². The Balaban J connectivity index is 1.47. The maximum Gasteiger partial charge on any atom is 0.343 e. The first-order chi connectivity index (χ1) is 14.5. The fourth-order valence-electron chi connectivity index (χ4n) is 2.54. The Bertz CT molecular complexity index is 1050. The average Bonchev–Trinajstić information content (AvgIpc) is 2.75. The number of carbonyl (C=O) groups excluding carboxylic acids is 2. The predicted octanol–water partition coefficient (Wildman–Crippen LogP) is 4.43. The average molecular weight is 422 g/mol. The van der Waals surface area contributed by atoms with E-state index in [9.17, 15) is 9.59 Å². The van der Waals surface area contributed by atoms with Crippen molar-refractivity contribution in [2.75, 3.05) is 11.9 Å². The molecule has 0 aliphatic carbocycles. The zero-order valence-corrected chi connectivity index (χ0v) is 17.0. The van der Waals surface area contributed by atoms with Crippen LogP contribution >= 0.6 is 11.6 Å². The van der Waals surface area contributed by atoms with Crippen LogP contribution in [0.5, 0.6) is 5.75 Å². The van der Waals surface area contributed by atoms with Gasteiger partial charge < -0.3 is 10.1 Å². The Hall–Kier alpha value is -3.64. The van der Waals surface area contributed by atoms with Crippen molar-refractivity contribution in [1.82, 2.24) is 5.43 Å². The molecule has 0 radical (unpaired) electrons. The Morgan fingerprint density at radius 2 is 1.70 bits per heavy atom. The molecule has 7 heteroatoms. The van der Waals surface area contributed by atoms with Gasteiger partial charge in [-0.25, -0.2) is 10.2 Å². The molecule has 0 aromatic heterocycles. The lowest BCUT2D eigenvalue weighted by atomic mass is 10.2. The van der Waals surface area contributed by atoms with Crippen LogP contribution < -0.4 is 15.5 Å². The SMILES string of the molecule is Cc1ccccc1NCC(=O)N/N=C\c1ccc(OC(=O)c2ccc(Cl)cc2)cc1. The number of aryl methyl sites for hydroxylation is 1. The van der Waals surface area contributed by atoms with Crippen molar-refractivity contribution in [1.29, 1.82) is 0 Å². The Kier molecular flexibility index (Phi) is 7.19. The number of para-hydroxylation sites is 1. The van der Waals surface area contributed by atoms with Crippen LogP contribution in [0.15, 0.2) is 77.9 Å². The molecule has 0 fully saturated rings. The van der Waals surface area contributed by atoms with Gasteiger partial charge in [-0.2, -0.15) is 5.10 Å². The summed E-state index contributed by atoms with van der Waals surface area (Å²) in [5.74, 6) is -0.330. The number of anilines is 1. The van der Waals surface area contributed by atoms with Gasteiger partial charge in [0, 0.05) is 10.7 Å². The van der Waals surface area contributed by atoms with E-state index in [0.29, 0.717) is 16.3 Å². The number of amides is 1. The lowest BCUT2D eigenvalue weighted by Crippen LogP contribution is -2.26. The highest BCUT2D eigenvalue weighted by Gasteiger charge is 2.08. The van der Waals surface area contributed by atoms with E-state index in [1.54, 1.807) is 48.5 Å². The van der Waals surface area contributed by atoms with Crippen LogP contribution in [0.3, 0.4) is 0 Å². The molecule has 2 N–H and O–H groups in total. The van der Waals surface area contributed by atoms with E-state index < -0.39 is 5.97 Å². The van der Waals surface area contributed by atoms with Crippen LogP contribution in [-0.4, -0.2) is 24.6 Å². The maximum atomic E-state index is 12.1. The first-order valence-corrected chi connectivity index (χ1v) is 9.58. The van der Waals surface area contributed by atoms with Crippen molar-refractivity contribution in [2.24, 2.45) is 5.10 Å². The number of esters is 1. The lowest BCUT2D eigenvalue weighted by molar-refractivity contribution is -0.119. The van der Waals surface area contributed by atoms with Crippen LogP contribution in [0.25, 0.3) is 0 Å². The summed E-state index contributed by atoms with van der Waals surface area (Å²) in [6, 6.07) is 20.9. The summed E-state index contributed by atoms with van der Waals surface area (Å²) in [6.45, 7) is 2.08. The number of rotatable bonds is 7. The van der Waals surface area contributed by atoms with Gasteiger partial charge in [-0.05, 0) is 72.6 Å². The number of hydrogen-bond acceptors (Lipinski definition) is 5. The number of nitrogens with one attached hydrogen (secondary N) is 2. The summed E-state index contributed by atoms with van der Waals surface area (Å²) in [4.78, 5) is 24.0. The van der Waals surface area contributed by atoms with E-state index in [4.69, 9.17) is 16.3 Å². The predicted molar refractivity (Wildman–Crippen MR) is 118 cm³/mol. The quantitative estimate of drug-likeness (QED) is 0.256. The molecule has 1 amide bonds. The number of carbonyl (C=O) groups is 2. The first-order valence-electron chi connectivity index (χ1n) is 9.20. The number of halogens is 1. The number of nitrogens with zero attached hydrogens (tertiary/aromatic N) is 1. The molecule has 0 atom stereocenters. The second-order valence-electron chi connectivity index (χ2n) is 6.43. The molecule has 0 unspecified atom stereocenters. The highest BCUT2D eigenvalue weighted by atomic mass is 35.5. The van der Waals surface area contributed by atoms with Crippen LogP contribution in [-0.2, 0) is 4.79 Å². The molecule has 6 nitrogen and oxygen atoms in total. The molecule has 30 heavy (non-hydrogen) atoms. The molecule has 0 saturated carbocycles. The fraction of sp³-hybridized carbons (Fsp3) is 0.0870. The van der Waals surface area contributed by atoms with Crippen LogP contribution in [0, 0.1) is 6.92 Å². The van der Waals surface area contributed by atoms with E-state index >= 15 is 0 Å². The molecule has 0 bridgehead atoms. The summed E-state index contributed by atoms with van der Waals surface area (Å²) in [5.41, 5.74) is 5.58.